The molecule has 0 saturated carbocycles. The zero-order valence-corrected chi connectivity index (χ0v) is 19.0. The summed E-state index contributed by atoms with van der Waals surface area (Å²) in [5.41, 5.74) is 0.744. The molecule has 0 unspecified atom stereocenters. The lowest BCUT2D eigenvalue weighted by Gasteiger charge is -2.28. The lowest BCUT2D eigenvalue weighted by Crippen LogP contribution is -2.51. The van der Waals surface area contributed by atoms with Crippen molar-refractivity contribution in [3.63, 3.8) is 0 Å². The highest BCUT2D eigenvalue weighted by Gasteiger charge is 2.30. The fourth-order valence-corrected chi connectivity index (χ4v) is 2.98. The Hall–Kier alpha value is -3.42. The number of hydrogen-bond acceptors (Lipinski definition) is 6. The van der Waals surface area contributed by atoms with Crippen LogP contribution in [-0.4, -0.2) is 52.6 Å². The number of ether oxygens (including phenoxy) is 2. The average Bonchev–Trinajstić information content (AvgIpc) is 2.72. The van der Waals surface area contributed by atoms with Crippen LogP contribution in [0.2, 0.25) is 0 Å². The molecule has 0 saturated heterocycles. The fourth-order valence-electron chi connectivity index (χ4n) is 2.98. The van der Waals surface area contributed by atoms with E-state index >= 15 is 0 Å². The number of carbonyl (C=O) groups is 3. The van der Waals surface area contributed by atoms with Crippen LogP contribution in [0.1, 0.15) is 39.0 Å². The lowest BCUT2D eigenvalue weighted by molar-refractivity contribution is -0.150. The van der Waals surface area contributed by atoms with Gasteiger partial charge in [0.15, 0.2) is 0 Å². The standard InChI is InChI=1S/C24H31N3O5/c1-5-31-21(28)17-27(16-18-11-7-6-8-12-18)22(29)20(15-19-13-9-10-14-25-19)26-23(30)32-24(2,3)4/h6-14,20H,5,15-17H2,1-4H3,(H,26,30)/t20-/m1/s1. The zero-order valence-electron chi connectivity index (χ0n) is 19.0. The highest BCUT2D eigenvalue weighted by atomic mass is 16.6. The van der Waals surface area contributed by atoms with Gasteiger partial charge in [-0.15, -0.1) is 0 Å². The number of benzene rings is 1. The maximum atomic E-state index is 13.5. The van der Waals surface area contributed by atoms with E-state index in [0.717, 1.165) is 5.56 Å². The minimum Gasteiger partial charge on any atom is -0.465 e. The largest absolute Gasteiger partial charge is 0.465 e. The highest BCUT2D eigenvalue weighted by Crippen LogP contribution is 2.12. The van der Waals surface area contributed by atoms with Gasteiger partial charge in [0.05, 0.1) is 6.61 Å². The smallest absolute Gasteiger partial charge is 0.408 e. The van der Waals surface area contributed by atoms with E-state index in [1.165, 1.54) is 4.90 Å². The van der Waals surface area contributed by atoms with E-state index in [2.05, 4.69) is 10.3 Å². The van der Waals surface area contributed by atoms with Crippen molar-refractivity contribution >= 4 is 18.0 Å². The first kappa shape index (κ1) is 24.8. The average molecular weight is 442 g/mol. The minimum absolute atomic E-state index is 0.146. The monoisotopic (exact) mass is 441 g/mol. The van der Waals surface area contributed by atoms with Gasteiger partial charge in [0.25, 0.3) is 0 Å². The van der Waals surface area contributed by atoms with Crippen molar-refractivity contribution in [1.29, 1.82) is 0 Å². The first-order valence-corrected chi connectivity index (χ1v) is 10.6. The van der Waals surface area contributed by atoms with Gasteiger partial charge in [-0.25, -0.2) is 4.79 Å². The molecule has 2 amide bonds. The van der Waals surface area contributed by atoms with Crippen molar-refractivity contribution in [1.82, 2.24) is 15.2 Å². The van der Waals surface area contributed by atoms with Gasteiger partial charge in [-0.1, -0.05) is 36.4 Å². The number of pyridine rings is 1. The molecule has 172 valence electrons. The summed E-state index contributed by atoms with van der Waals surface area (Å²) in [4.78, 5) is 43.8. The molecule has 1 heterocycles. The molecule has 2 rings (SSSR count). The molecule has 32 heavy (non-hydrogen) atoms. The van der Waals surface area contributed by atoms with E-state index < -0.39 is 29.6 Å². The quantitative estimate of drug-likeness (QED) is 0.601. The van der Waals surface area contributed by atoms with Crippen LogP contribution >= 0.6 is 0 Å². The molecule has 0 aliphatic heterocycles. The predicted octanol–water partition coefficient (Wildman–Crippen LogP) is 3.11. The summed E-state index contributed by atoms with van der Waals surface area (Å²) in [6, 6.07) is 13.7. The number of aromatic nitrogens is 1. The number of nitrogens with one attached hydrogen (secondary N) is 1. The number of nitrogens with zero attached hydrogens (tertiary/aromatic N) is 2. The second kappa shape index (κ2) is 11.8. The van der Waals surface area contributed by atoms with Crippen LogP contribution in [0.25, 0.3) is 0 Å². The fraction of sp³-hybridized carbons (Fsp3) is 0.417. The molecule has 8 heteroatoms. The molecule has 0 bridgehead atoms. The maximum Gasteiger partial charge on any atom is 0.408 e. The third-order valence-electron chi connectivity index (χ3n) is 4.28. The normalized spacial score (nSPS) is 11.9. The third kappa shape index (κ3) is 8.75. The van der Waals surface area contributed by atoms with E-state index in [4.69, 9.17) is 9.47 Å². The summed E-state index contributed by atoms with van der Waals surface area (Å²) in [6.07, 6.45) is 1.04. The van der Waals surface area contributed by atoms with Crippen LogP contribution < -0.4 is 5.32 Å². The van der Waals surface area contributed by atoms with E-state index in [1.807, 2.05) is 30.3 Å². The Bertz CT molecular complexity index is 882. The van der Waals surface area contributed by atoms with Gasteiger partial charge < -0.3 is 19.7 Å². The molecule has 2 aromatic rings. The summed E-state index contributed by atoms with van der Waals surface area (Å²) in [5, 5.41) is 2.65. The topological polar surface area (TPSA) is 97.8 Å². The van der Waals surface area contributed by atoms with E-state index in [0.29, 0.717) is 5.69 Å². The molecule has 8 nitrogen and oxygen atoms in total. The molecule has 1 atom stereocenters. The van der Waals surface area contributed by atoms with E-state index in [1.54, 1.807) is 52.1 Å². The second-order valence-electron chi connectivity index (χ2n) is 8.21. The SMILES string of the molecule is CCOC(=O)CN(Cc1ccccc1)C(=O)[C@@H](Cc1ccccn1)NC(=O)OC(C)(C)C. The van der Waals surface area contributed by atoms with Crippen LogP contribution in [0.15, 0.2) is 54.7 Å². The minimum atomic E-state index is -0.974. The summed E-state index contributed by atoms with van der Waals surface area (Å²) in [5.74, 6) is -0.955. The Morgan fingerprint density at radius 2 is 1.75 bits per heavy atom. The van der Waals surface area contributed by atoms with Crippen molar-refractivity contribution in [3.8, 4) is 0 Å². The Balaban J connectivity index is 2.28. The van der Waals surface area contributed by atoms with Crippen LogP contribution in [0.3, 0.4) is 0 Å². The van der Waals surface area contributed by atoms with Gasteiger partial charge in [0.2, 0.25) is 5.91 Å². The number of rotatable bonds is 9. The Labute approximate surface area is 188 Å². The van der Waals surface area contributed by atoms with Gasteiger partial charge in [-0.05, 0) is 45.4 Å². The number of amides is 2. The van der Waals surface area contributed by atoms with Crippen LogP contribution in [0, 0.1) is 0 Å². The Kier molecular flexibility index (Phi) is 9.19. The van der Waals surface area contributed by atoms with Crippen LogP contribution in [0.4, 0.5) is 4.79 Å². The number of hydrogen-bond donors (Lipinski definition) is 1. The molecule has 0 aliphatic rings. The lowest BCUT2D eigenvalue weighted by atomic mass is 10.1. The van der Waals surface area contributed by atoms with Crippen molar-refractivity contribution in [2.24, 2.45) is 0 Å². The van der Waals surface area contributed by atoms with Crippen molar-refractivity contribution in [2.75, 3.05) is 13.2 Å². The molecular weight excluding hydrogens is 410 g/mol. The number of esters is 1. The van der Waals surface area contributed by atoms with Crippen LogP contribution in [-0.2, 0) is 32.0 Å². The van der Waals surface area contributed by atoms with E-state index in [9.17, 15) is 14.4 Å². The molecule has 0 aliphatic carbocycles. The van der Waals surface area contributed by atoms with Gasteiger partial charge in [0.1, 0.15) is 18.2 Å². The van der Waals surface area contributed by atoms with Crippen LogP contribution in [0.5, 0.6) is 0 Å². The molecular formula is C24H31N3O5. The van der Waals surface area contributed by atoms with Gasteiger partial charge in [-0.2, -0.15) is 0 Å². The molecule has 0 fully saturated rings. The third-order valence-corrected chi connectivity index (χ3v) is 4.28. The molecule has 1 aromatic heterocycles. The zero-order chi connectivity index (χ0) is 23.6. The first-order valence-electron chi connectivity index (χ1n) is 10.6. The van der Waals surface area contributed by atoms with Gasteiger partial charge >= 0.3 is 12.1 Å². The Morgan fingerprint density at radius 1 is 1.06 bits per heavy atom. The predicted molar refractivity (Wildman–Crippen MR) is 120 cm³/mol. The molecule has 0 radical (unpaired) electrons. The van der Waals surface area contributed by atoms with Gasteiger partial charge in [-0.3, -0.25) is 14.6 Å². The summed E-state index contributed by atoms with van der Waals surface area (Å²) < 4.78 is 10.4. The number of carbonyl (C=O) groups excluding carboxylic acids is 3. The summed E-state index contributed by atoms with van der Waals surface area (Å²) in [6.45, 7) is 7.08. The van der Waals surface area contributed by atoms with Crippen molar-refractivity contribution in [2.45, 2.75) is 52.3 Å². The summed E-state index contributed by atoms with van der Waals surface area (Å²) in [7, 11) is 0. The molecule has 1 N–H and O–H groups in total. The van der Waals surface area contributed by atoms with E-state index in [-0.39, 0.29) is 26.1 Å². The van der Waals surface area contributed by atoms with Crippen molar-refractivity contribution < 1.29 is 23.9 Å². The highest BCUT2D eigenvalue weighted by molar-refractivity contribution is 5.88. The second-order valence-corrected chi connectivity index (χ2v) is 8.21. The maximum absolute atomic E-state index is 13.5. The van der Waals surface area contributed by atoms with Crippen molar-refractivity contribution in [3.05, 3.63) is 66.0 Å². The molecule has 1 aromatic carbocycles. The van der Waals surface area contributed by atoms with Gasteiger partial charge in [0, 0.05) is 24.9 Å². The Morgan fingerprint density at radius 3 is 2.34 bits per heavy atom. The summed E-state index contributed by atoms with van der Waals surface area (Å²) >= 11 is 0. The first-order chi connectivity index (χ1) is 15.2. The molecule has 0 spiro atoms. The number of alkyl carbamates (subject to hydrolysis) is 1.